The summed E-state index contributed by atoms with van der Waals surface area (Å²) >= 11 is 1.41. The Morgan fingerprint density at radius 3 is 2.50 bits per heavy atom. The number of thioether (sulfide) groups is 1. The van der Waals surface area contributed by atoms with Gasteiger partial charge in [0.1, 0.15) is 0 Å². The molecule has 0 aliphatic carbocycles. The molecule has 0 fully saturated rings. The fourth-order valence-corrected chi connectivity index (χ4v) is 4.32. The Balaban J connectivity index is 1.82. The molecule has 7 heteroatoms. The van der Waals surface area contributed by atoms with Gasteiger partial charge in [0.15, 0.2) is 5.16 Å². The molecule has 1 amide bonds. The number of imidazole rings is 1. The molecule has 0 bridgehead atoms. The molecule has 0 spiro atoms. The van der Waals surface area contributed by atoms with E-state index in [0.717, 1.165) is 28.4 Å². The van der Waals surface area contributed by atoms with Crippen LogP contribution in [0.5, 0.6) is 0 Å². The predicted molar refractivity (Wildman–Crippen MR) is 121 cm³/mol. The number of fused-ring (bicyclic) bond motifs is 1. The highest BCUT2D eigenvalue weighted by molar-refractivity contribution is 7.99. The number of carbonyl (C=O) groups excluding carboxylic acids is 2. The summed E-state index contributed by atoms with van der Waals surface area (Å²) in [7, 11) is 0. The van der Waals surface area contributed by atoms with Gasteiger partial charge in [-0.1, -0.05) is 30.0 Å². The molecule has 30 heavy (non-hydrogen) atoms. The Kier molecular flexibility index (Phi) is 7.15. The highest BCUT2D eigenvalue weighted by Crippen LogP contribution is 2.26. The van der Waals surface area contributed by atoms with Crippen molar-refractivity contribution in [3.05, 3.63) is 54.1 Å². The SMILES string of the molecule is CCOC(=O)c1ccc2c(c1)nc(SCC(=O)N(c1ccccc1)C(C)C)n2CC. The lowest BCUT2D eigenvalue weighted by molar-refractivity contribution is -0.116. The van der Waals surface area contributed by atoms with Gasteiger partial charge in [0.25, 0.3) is 0 Å². The number of para-hydroxylation sites is 1. The number of aromatic nitrogens is 2. The average molecular weight is 426 g/mol. The number of hydrogen-bond donors (Lipinski definition) is 0. The van der Waals surface area contributed by atoms with E-state index in [9.17, 15) is 9.59 Å². The van der Waals surface area contributed by atoms with Crippen molar-refractivity contribution < 1.29 is 14.3 Å². The van der Waals surface area contributed by atoms with Crippen molar-refractivity contribution in [1.29, 1.82) is 0 Å². The molecule has 0 saturated carbocycles. The topological polar surface area (TPSA) is 64.4 Å². The smallest absolute Gasteiger partial charge is 0.338 e. The lowest BCUT2D eigenvalue weighted by atomic mass is 10.2. The number of esters is 1. The zero-order valence-corrected chi connectivity index (χ0v) is 18.6. The van der Waals surface area contributed by atoms with Gasteiger partial charge in [0, 0.05) is 18.3 Å². The fourth-order valence-electron chi connectivity index (χ4n) is 3.38. The van der Waals surface area contributed by atoms with Crippen LogP contribution in [0.25, 0.3) is 11.0 Å². The van der Waals surface area contributed by atoms with Crippen molar-refractivity contribution >= 4 is 40.4 Å². The molecule has 0 saturated heterocycles. The summed E-state index contributed by atoms with van der Waals surface area (Å²) in [6.45, 7) is 8.89. The summed E-state index contributed by atoms with van der Waals surface area (Å²) in [5, 5.41) is 0.763. The lowest BCUT2D eigenvalue weighted by Gasteiger charge is -2.26. The molecule has 3 rings (SSSR count). The number of carbonyl (C=O) groups is 2. The van der Waals surface area contributed by atoms with E-state index in [4.69, 9.17) is 4.74 Å². The molecule has 1 aromatic heterocycles. The second kappa shape index (κ2) is 9.80. The fraction of sp³-hybridized carbons (Fsp3) is 0.348. The summed E-state index contributed by atoms with van der Waals surface area (Å²) in [5.41, 5.74) is 3.03. The summed E-state index contributed by atoms with van der Waals surface area (Å²) in [5.74, 6) is -0.0467. The van der Waals surface area contributed by atoms with Crippen molar-refractivity contribution in [3.63, 3.8) is 0 Å². The number of rotatable bonds is 8. The van der Waals surface area contributed by atoms with Gasteiger partial charge in [-0.2, -0.15) is 0 Å². The first kappa shape index (κ1) is 21.9. The minimum Gasteiger partial charge on any atom is -0.462 e. The molecule has 158 valence electrons. The summed E-state index contributed by atoms with van der Waals surface area (Å²) in [6, 6.07) is 15.1. The predicted octanol–water partition coefficient (Wildman–Crippen LogP) is 4.77. The van der Waals surface area contributed by atoms with Crippen LogP contribution in [-0.4, -0.2) is 39.8 Å². The molecular weight excluding hydrogens is 398 g/mol. The number of nitrogens with zero attached hydrogens (tertiary/aromatic N) is 3. The van der Waals surface area contributed by atoms with E-state index >= 15 is 0 Å². The lowest BCUT2D eigenvalue weighted by Crippen LogP contribution is -2.38. The maximum Gasteiger partial charge on any atom is 0.338 e. The molecule has 2 aromatic carbocycles. The molecule has 0 atom stereocenters. The summed E-state index contributed by atoms with van der Waals surface area (Å²) < 4.78 is 7.14. The van der Waals surface area contributed by atoms with Gasteiger partial charge in [-0.05, 0) is 58.0 Å². The normalized spacial score (nSPS) is 11.1. The van der Waals surface area contributed by atoms with Crippen molar-refractivity contribution in [2.45, 2.75) is 45.4 Å². The molecule has 3 aromatic rings. The van der Waals surface area contributed by atoms with Crippen molar-refractivity contribution in [2.75, 3.05) is 17.3 Å². The van der Waals surface area contributed by atoms with Crippen LogP contribution in [-0.2, 0) is 16.1 Å². The van der Waals surface area contributed by atoms with Crippen LogP contribution in [0.3, 0.4) is 0 Å². The number of ether oxygens (including phenoxy) is 1. The average Bonchev–Trinajstić information content (AvgIpc) is 3.09. The maximum atomic E-state index is 13.0. The number of amides is 1. The van der Waals surface area contributed by atoms with E-state index in [0.29, 0.717) is 12.2 Å². The van der Waals surface area contributed by atoms with Crippen molar-refractivity contribution in [1.82, 2.24) is 9.55 Å². The number of anilines is 1. The zero-order chi connectivity index (χ0) is 21.7. The second-order valence-corrected chi connectivity index (χ2v) is 7.99. The largest absolute Gasteiger partial charge is 0.462 e. The van der Waals surface area contributed by atoms with Crippen LogP contribution in [0.15, 0.2) is 53.7 Å². The van der Waals surface area contributed by atoms with Crippen LogP contribution in [0, 0.1) is 0 Å². The Hall–Kier alpha value is -2.80. The van der Waals surface area contributed by atoms with Crippen molar-refractivity contribution in [2.24, 2.45) is 0 Å². The van der Waals surface area contributed by atoms with Crippen LogP contribution < -0.4 is 4.90 Å². The Bertz CT molecular complexity index is 1030. The third-order valence-corrected chi connectivity index (χ3v) is 5.65. The Morgan fingerprint density at radius 1 is 1.13 bits per heavy atom. The molecule has 1 heterocycles. The molecule has 6 nitrogen and oxygen atoms in total. The quantitative estimate of drug-likeness (QED) is 0.384. The standard InChI is InChI=1S/C23H27N3O3S/c1-5-25-20-13-12-17(22(28)29-6-2)14-19(20)24-23(25)30-15-21(27)26(16(3)4)18-10-8-7-9-11-18/h7-14,16H,5-6,15H2,1-4H3. The van der Waals surface area contributed by atoms with Crippen LogP contribution in [0.4, 0.5) is 5.69 Å². The van der Waals surface area contributed by atoms with E-state index in [1.807, 2.05) is 62.1 Å². The van der Waals surface area contributed by atoms with Crippen LogP contribution in [0.1, 0.15) is 38.1 Å². The van der Waals surface area contributed by atoms with E-state index in [1.54, 1.807) is 19.1 Å². The Labute approximate surface area is 181 Å². The van der Waals surface area contributed by atoms with Gasteiger partial charge >= 0.3 is 5.97 Å². The number of benzene rings is 2. The molecule has 0 aliphatic rings. The highest BCUT2D eigenvalue weighted by Gasteiger charge is 2.21. The minimum atomic E-state index is -0.356. The zero-order valence-electron chi connectivity index (χ0n) is 17.8. The van der Waals surface area contributed by atoms with Gasteiger partial charge in [0.2, 0.25) is 5.91 Å². The van der Waals surface area contributed by atoms with Crippen LogP contribution in [0.2, 0.25) is 0 Å². The third-order valence-electron chi connectivity index (χ3n) is 4.68. The number of hydrogen-bond acceptors (Lipinski definition) is 5. The highest BCUT2D eigenvalue weighted by atomic mass is 32.2. The first-order valence-corrected chi connectivity index (χ1v) is 11.1. The maximum absolute atomic E-state index is 13.0. The second-order valence-electron chi connectivity index (χ2n) is 7.04. The van der Waals surface area contributed by atoms with Gasteiger partial charge in [0.05, 0.1) is 29.0 Å². The molecule has 0 unspecified atom stereocenters. The first-order valence-electron chi connectivity index (χ1n) is 10.1. The van der Waals surface area contributed by atoms with E-state index in [2.05, 4.69) is 9.55 Å². The summed E-state index contributed by atoms with van der Waals surface area (Å²) in [4.78, 5) is 31.5. The van der Waals surface area contributed by atoms with Gasteiger partial charge in [-0.25, -0.2) is 9.78 Å². The molecule has 0 N–H and O–H groups in total. The number of aryl methyl sites for hydroxylation is 1. The van der Waals surface area contributed by atoms with Gasteiger partial charge < -0.3 is 14.2 Å². The van der Waals surface area contributed by atoms with E-state index in [-0.39, 0.29) is 23.7 Å². The molecule has 0 aliphatic heterocycles. The first-order chi connectivity index (χ1) is 14.5. The summed E-state index contributed by atoms with van der Waals surface area (Å²) in [6.07, 6.45) is 0. The van der Waals surface area contributed by atoms with Gasteiger partial charge in [-0.3, -0.25) is 4.79 Å². The van der Waals surface area contributed by atoms with Crippen molar-refractivity contribution in [3.8, 4) is 0 Å². The van der Waals surface area contributed by atoms with E-state index < -0.39 is 0 Å². The van der Waals surface area contributed by atoms with E-state index in [1.165, 1.54) is 11.8 Å². The minimum absolute atomic E-state index is 0.0307. The molecular formula is C23H27N3O3S. The molecule has 0 radical (unpaired) electrons. The Morgan fingerprint density at radius 2 is 1.87 bits per heavy atom. The third kappa shape index (κ3) is 4.67. The van der Waals surface area contributed by atoms with Crippen LogP contribution >= 0.6 is 11.8 Å². The van der Waals surface area contributed by atoms with Gasteiger partial charge in [-0.15, -0.1) is 0 Å². The monoisotopic (exact) mass is 425 g/mol.